The zero-order valence-corrected chi connectivity index (χ0v) is 12.7. The lowest BCUT2D eigenvalue weighted by molar-refractivity contribution is 0.444. The van der Waals surface area contributed by atoms with Gasteiger partial charge >= 0.3 is 0 Å². The predicted molar refractivity (Wildman–Crippen MR) is 84.1 cm³/mol. The molecule has 5 heteroatoms. The number of hydrogen-bond acceptors (Lipinski definition) is 5. The molecule has 1 saturated heterocycles. The first-order chi connectivity index (χ1) is 9.29. The summed E-state index contributed by atoms with van der Waals surface area (Å²) in [4.78, 5) is 11.1. The first-order valence-corrected chi connectivity index (χ1v) is 8.49. The lowest BCUT2D eigenvalue weighted by Gasteiger charge is -2.31. The fourth-order valence-electron chi connectivity index (χ4n) is 2.45. The van der Waals surface area contributed by atoms with Gasteiger partial charge < -0.3 is 10.2 Å². The van der Waals surface area contributed by atoms with E-state index in [9.17, 15) is 0 Å². The monoisotopic (exact) mass is 280 g/mol. The summed E-state index contributed by atoms with van der Waals surface area (Å²) in [6.07, 6.45) is 7.58. The van der Waals surface area contributed by atoms with Gasteiger partial charge in [-0.2, -0.15) is 11.8 Å². The minimum Gasteiger partial charge on any atom is -0.370 e. The third-order valence-corrected chi connectivity index (χ3v) is 4.16. The van der Waals surface area contributed by atoms with Gasteiger partial charge in [-0.15, -0.1) is 0 Å². The number of nitrogens with one attached hydrogen (secondary N) is 1. The molecule has 0 aliphatic carbocycles. The fourth-order valence-corrected chi connectivity index (χ4v) is 2.88. The number of rotatable bonds is 6. The highest BCUT2D eigenvalue weighted by Gasteiger charge is 2.17. The van der Waals surface area contributed by atoms with Gasteiger partial charge in [-0.25, -0.2) is 9.97 Å². The Labute approximate surface area is 120 Å². The molecule has 1 fully saturated rings. The van der Waals surface area contributed by atoms with Gasteiger partial charge in [0.2, 0.25) is 0 Å². The van der Waals surface area contributed by atoms with Crippen LogP contribution in [0.2, 0.25) is 0 Å². The Morgan fingerprint density at radius 1 is 1.47 bits per heavy atom. The van der Waals surface area contributed by atoms with Crippen molar-refractivity contribution in [1.29, 1.82) is 0 Å². The van der Waals surface area contributed by atoms with Crippen LogP contribution in [0.25, 0.3) is 0 Å². The van der Waals surface area contributed by atoms with Crippen LogP contribution in [0, 0.1) is 5.92 Å². The number of hydrogen-bond donors (Lipinski definition) is 1. The quantitative estimate of drug-likeness (QED) is 0.812. The number of thioether (sulfide) groups is 1. The molecule has 1 N–H and O–H groups in total. The van der Waals surface area contributed by atoms with Gasteiger partial charge in [0.1, 0.15) is 18.0 Å². The van der Waals surface area contributed by atoms with Crippen molar-refractivity contribution in [2.45, 2.75) is 26.2 Å². The van der Waals surface area contributed by atoms with Crippen molar-refractivity contribution >= 4 is 23.4 Å². The lowest BCUT2D eigenvalue weighted by Crippen LogP contribution is -2.34. The minimum atomic E-state index is 0.765. The van der Waals surface area contributed by atoms with Crippen molar-refractivity contribution in [1.82, 2.24) is 9.97 Å². The molecule has 0 spiro atoms. The van der Waals surface area contributed by atoms with Gasteiger partial charge in [-0.3, -0.25) is 0 Å². The molecule has 1 aliphatic rings. The molecule has 0 bridgehead atoms. The van der Waals surface area contributed by atoms with Crippen LogP contribution in [-0.4, -0.2) is 41.6 Å². The van der Waals surface area contributed by atoms with E-state index < -0.39 is 0 Å². The third-order valence-electron chi connectivity index (χ3n) is 3.47. The molecule has 19 heavy (non-hydrogen) atoms. The van der Waals surface area contributed by atoms with E-state index in [1.165, 1.54) is 25.0 Å². The Balaban J connectivity index is 1.90. The summed E-state index contributed by atoms with van der Waals surface area (Å²) in [5.41, 5.74) is 0. The molecular formula is C14H24N4S. The first kappa shape index (κ1) is 14.4. The molecule has 1 aliphatic heterocycles. The normalized spacial score (nSPS) is 19.5. The fraction of sp³-hybridized carbons (Fsp3) is 0.714. The lowest BCUT2D eigenvalue weighted by atomic mass is 10.0. The predicted octanol–water partition coefficient (Wildman–Crippen LogP) is 2.88. The Bertz CT molecular complexity index is 385. The highest BCUT2D eigenvalue weighted by molar-refractivity contribution is 7.98. The average Bonchev–Trinajstić information content (AvgIpc) is 2.44. The molecule has 1 unspecified atom stereocenters. The number of piperidine rings is 1. The summed E-state index contributed by atoms with van der Waals surface area (Å²) in [5, 5.41) is 3.38. The molecule has 4 nitrogen and oxygen atoms in total. The molecule has 0 amide bonds. The molecular weight excluding hydrogens is 256 g/mol. The van der Waals surface area contributed by atoms with E-state index in [1.54, 1.807) is 6.33 Å². The van der Waals surface area contributed by atoms with E-state index >= 15 is 0 Å². The Kier molecular flexibility index (Phi) is 5.76. The summed E-state index contributed by atoms with van der Waals surface area (Å²) in [5.74, 6) is 3.97. The summed E-state index contributed by atoms with van der Waals surface area (Å²) in [7, 11) is 0. The smallest absolute Gasteiger partial charge is 0.134 e. The summed E-state index contributed by atoms with van der Waals surface area (Å²) >= 11 is 1.88. The molecule has 2 heterocycles. The average molecular weight is 280 g/mol. The van der Waals surface area contributed by atoms with Crippen molar-refractivity contribution < 1.29 is 0 Å². The molecule has 0 aromatic carbocycles. The highest BCUT2D eigenvalue weighted by Crippen LogP contribution is 2.22. The Morgan fingerprint density at radius 3 is 3.16 bits per heavy atom. The topological polar surface area (TPSA) is 41.0 Å². The van der Waals surface area contributed by atoms with Crippen LogP contribution >= 0.6 is 11.8 Å². The van der Waals surface area contributed by atoms with Gasteiger partial charge in [0.25, 0.3) is 0 Å². The summed E-state index contributed by atoms with van der Waals surface area (Å²) in [6.45, 7) is 5.53. The van der Waals surface area contributed by atoms with Crippen LogP contribution in [0.5, 0.6) is 0 Å². The molecule has 106 valence electrons. The second kappa shape index (κ2) is 7.58. The van der Waals surface area contributed by atoms with Crippen molar-refractivity contribution in [2.24, 2.45) is 5.92 Å². The van der Waals surface area contributed by atoms with Crippen LogP contribution in [0.15, 0.2) is 12.4 Å². The third kappa shape index (κ3) is 4.56. The van der Waals surface area contributed by atoms with Gasteiger partial charge in [0.15, 0.2) is 0 Å². The molecule has 0 radical (unpaired) electrons. The Morgan fingerprint density at radius 2 is 2.37 bits per heavy atom. The number of nitrogens with zero attached hydrogens (tertiary/aromatic N) is 3. The maximum atomic E-state index is 4.41. The molecule has 1 atom stereocenters. The zero-order chi connectivity index (χ0) is 13.5. The van der Waals surface area contributed by atoms with E-state index in [0.717, 1.165) is 37.2 Å². The van der Waals surface area contributed by atoms with Gasteiger partial charge in [-0.1, -0.05) is 6.92 Å². The maximum absolute atomic E-state index is 4.41. The highest BCUT2D eigenvalue weighted by atomic mass is 32.2. The largest absolute Gasteiger partial charge is 0.370 e. The number of aromatic nitrogens is 2. The molecule has 1 aromatic heterocycles. The maximum Gasteiger partial charge on any atom is 0.134 e. The van der Waals surface area contributed by atoms with Gasteiger partial charge in [-0.05, 0) is 37.2 Å². The summed E-state index contributed by atoms with van der Waals surface area (Å²) in [6, 6.07) is 2.08. The van der Waals surface area contributed by atoms with Crippen LogP contribution in [0.3, 0.4) is 0 Å². The van der Waals surface area contributed by atoms with E-state index in [4.69, 9.17) is 0 Å². The van der Waals surface area contributed by atoms with E-state index in [0.29, 0.717) is 0 Å². The van der Waals surface area contributed by atoms with Crippen molar-refractivity contribution in [2.75, 3.05) is 41.9 Å². The van der Waals surface area contributed by atoms with Crippen LogP contribution in [-0.2, 0) is 0 Å². The first-order valence-electron chi connectivity index (χ1n) is 7.09. The zero-order valence-electron chi connectivity index (χ0n) is 11.9. The second-order valence-electron chi connectivity index (χ2n) is 5.23. The number of anilines is 2. The summed E-state index contributed by atoms with van der Waals surface area (Å²) < 4.78 is 0. The van der Waals surface area contributed by atoms with Crippen molar-refractivity contribution in [3.05, 3.63) is 12.4 Å². The second-order valence-corrected chi connectivity index (χ2v) is 6.21. The van der Waals surface area contributed by atoms with E-state index in [1.807, 2.05) is 11.8 Å². The van der Waals surface area contributed by atoms with Crippen LogP contribution in [0.4, 0.5) is 11.6 Å². The SMILES string of the molecule is CSCCCNc1cc(N2CCCC(C)C2)ncn1. The van der Waals surface area contributed by atoms with E-state index in [2.05, 4.69) is 39.4 Å². The van der Waals surface area contributed by atoms with Crippen molar-refractivity contribution in [3.63, 3.8) is 0 Å². The van der Waals surface area contributed by atoms with Crippen molar-refractivity contribution in [3.8, 4) is 0 Å². The van der Waals surface area contributed by atoms with Gasteiger partial charge in [0.05, 0.1) is 0 Å². The molecule has 2 rings (SSSR count). The van der Waals surface area contributed by atoms with Crippen LogP contribution in [0.1, 0.15) is 26.2 Å². The van der Waals surface area contributed by atoms with E-state index in [-0.39, 0.29) is 0 Å². The van der Waals surface area contributed by atoms with Crippen LogP contribution < -0.4 is 10.2 Å². The minimum absolute atomic E-state index is 0.765. The molecule has 1 aromatic rings. The standard InChI is InChI=1S/C14H24N4S/c1-12-5-3-7-18(10-12)14-9-13(16-11-17-14)15-6-4-8-19-2/h9,11-12H,3-8,10H2,1-2H3,(H,15,16,17). The molecule has 0 saturated carbocycles. The Hall–Kier alpha value is -0.970. The van der Waals surface area contributed by atoms with Gasteiger partial charge in [0, 0.05) is 25.7 Å².